The highest BCUT2D eigenvalue weighted by Crippen LogP contribution is 2.53. The molecule has 198 valence electrons. The van der Waals surface area contributed by atoms with Crippen LogP contribution in [0.5, 0.6) is 5.75 Å². The number of nitrogens with one attached hydrogen (secondary N) is 1. The van der Waals surface area contributed by atoms with E-state index in [-0.39, 0.29) is 42.1 Å². The van der Waals surface area contributed by atoms with Crippen LogP contribution >= 0.6 is 0 Å². The Kier molecular flexibility index (Phi) is 5.93. The van der Waals surface area contributed by atoms with Crippen molar-refractivity contribution in [2.75, 3.05) is 20.1 Å². The average molecular weight is 516 g/mol. The molecule has 4 aliphatic rings. The maximum Gasteiger partial charge on any atom is 0.255 e. The van der Waals surface area contributed by atoms with Crippen molar-refractivity contribution >= 4 is 23.2 Å². The lowest BCUT2D eigenvalue weighted by Gasteiger charge is -2.49. The summed E-state index contributed by atoms with van der Waals surface area (Å²) in [5.41, 5.74) is 1.52. The van der Waals surface area contributed by atoms with Crippen molar-refractivity contribution in [2.24, 2.45) is 17.6 Å². The molecule has 1 saturated heterocycles. The summed E-state index contributed by atoms with van der Waals surface area (Å²) in [5.74, 6) is -8.13. The SMILES string of the molecule is CCN[C@@H]1C(=O)C(C(N)=O)=C(O)[C@@]2(O)C(=O)C3=C(O)c4c(O)cc(C5CCCN5C)c(F)c4C[C@H]3C[C@@H]12. The summed E-state index contributed by atoms with van der Waals surface area (Å²) in [7, 11) is 1.87. The second-order valence-electron chi connectivity index (χ2n) is 10.4. The van der Waals surface area contributed by atoms with Crippen LogP contribution in [0.15, 0.2) is 23.0 Å². The van der Waals surface area contributed by atoms with E-state index in [9.17, 15) is 34.8 Å². The fourth-order valence-electron chi connectivity index (χ4n) is 6.74. The van der Waals surface area contributed by atoms with Gasteiger partial charge >= 0.3 is 0 Å². The molecule has 5 atom stereocenters. The predicted octanol–water partition coefficient (Wildman–Crippen LogP) is 0.918. The Morgan fingerprint density at radius 3 is 2.59 bits per heavy atom. The molecule has 1 saturated carbocycles. The maximum atomic E-state index is 15.9. The molecular formula is C26H30FN3O7. The Balaban J connectivity index is 1.69. The summed E-state index contributed by atoms with van der Waals surface area (Å²) < 4.78 is 15.9. The first-order valence-electron chi connectivity index (χ1n) is 12.4. The van der Waals surface area contributed by atoms with Crippen molar-refractivity contribution in [3.63, 3.8) is 0 Å². The number of halogens is 1. The minimum absolute atomic E-state index is 0.0551. The van der Waals surface area contributed by atoms with Gasteiger partial charge < -0.3 is 31.5 Å². The second-order valence-corrected chi connectivity index (χ2v) is 10.4. The van der Waals surface area contributed by atoms with Crippen LogP contribution in [0, 0.1) is 17.7 Å². The number of likely N-dealkylation sites (tertiary alicyclic amines) is 1. The van der Waals surface area contributed by atoms with Crippen LogP contribution in [-0.2, 0) is 20.8 Å². The Hall–Kier alpha value is -3.28. The third-order valence-electron chi connectivity index (χ3n) is 8.46. The van der Waals surface area contributed by atoms with Gasteiger partial charge in [-0.2, -0.15) is 0 Å². The first kappa shape index (κ1) is 25.4. The van der Waals surface area contributed by atoms with Crippen molar-refractivity contribution in [2.45, 2.75) is 50.3 Å². The van der Waals surface area contributed by atoms with Gasteiger partial charge in [0.1, 0.15) is 28.7 Å². The molecule has 1 unspecified atom stereocenters. The molecule has 2 fully saturated rings. The highest BCUT2D eigenvalue weighted by atomic mass is 19.1. The number of hydrogen-bond acceptors (Lipinski definition) is 9. The smallest absolute Gasteiger partial charge is 0.255 e. The standard InChI is InChI=1S/C26H30FN3O7/c1-3-29-20-13-8-10-7-12-17(15(31)9-11(19(12)27)14-5-4-6-30(14)2)21(32)16(10)23(34)26(13,37)24(35)18(22(20)33)25(28)36/h9-10,13-14,20,29,31-32,35,37H,3-8H2,1-2H3,(H2,28,36)/t10-,13-,14?,20-,26-/m0/s1. The third-order valence-corrected chi connectivity index (χ3v) is 8.46. The fourth-order valence-corrected chi connectivity index (χ4v) is 6.74. The minimum atomic E-state index is -2.72. The number of ketones is 2. The zero-order valence-electron chi connectivity index (χ0n) is 20.5. The third kappa shape index (κ3) is 3.37. The number of phenols is 1. The minimum Gasteiger partial charge on any atom is -0.508 e. The van der Waals surface area contributed by atoms with Crippen LogP contribution in [0.1, 0.15) is 48.9 Å². The molecule has 37 heavy (non-hydrogen) atoms. The molecule has 3 aliphatic carbocycles. The Morgan fingerprint density at radius 1 is 1.30 bits per heavy atom. The van der Waals surface area contributed by atoms with Crippen LogP contribution in [0.25, 0.3) is 5.76 Å². The quantitative estimate of drug-likeness (QED) is 0.319. The monoisotopic (exact) mass is 515 g/mol. The molecule has 0 spiro atoms. The number of primary amides is 1. The van der Waals surface area contributed by atoms with E-state index in [1.807, 2.05) is 11.9 Å². The van der Waals surface area contributed by atoms with Gasteiger partial charge in [0.2, 0.25) is 5.78 Å². The number of rotatable bonds is 4. The van der Waals surface area contributed by atoms with Crippen LogP contribution in [0.3, 0.4) is 0 Å². The number of nitrogens with two attached hydrogens (primary N) is 1. The van der Waals surface area contributed by atoms with Gasteiger partial charge in [-0.3, -0.25) is 19.3 Å². The second kappa shape index (κ2) is 8.64. The van der Waals surface area contributed by atoms with Gasteiger partial charge in [-0.1, -0.05) is 6.92 Å². The zero-order chi connectivity index (χ0) is 27.0. The lowest BCUT2D eigenvalue weighted by atomic mass is 9.57. The summed E-state index contributed by atoms with van der Waals surface area (Å²) in [6, 6.07) is -0.213. The van der Waals surface area contributed by atoms with Gasteiger partial charge in [-0.25, -0.2) is 4.39 Å². The number of aliphatic hydroxyl groups excluding tert-OH is 2. The lowest BCUT2D eigenvalue weighted by molar-refractivity contribution is -0.150. The highest BCUT2D eigenvalue weighted by molar-refractivity contribution is 6.24. The number of amides is 1. The van der Waals surface area contributed by atoms with Gasteiger partial charge in [0.25, 0.3) is 5.91 Å². The number of aromatic hydroxyl groups is 1. The number of hydrogen-bond donors (Lipinski definition) is 6. The number of fused-ring (bicyclic) bond motifs is 3. The van der Waals surface area contributed by atoms with E-state index in [2.05, 4.69) is 5.32 Å². The van der Waals surface area contributed by atoms with E-state index in [1.54, 1.807) is 6.92 Å². The first-order valence-corrected chi connectivity index (χ1v) is 12.4. The number of Topliss-reactive ketones (excluding diaryl/α,β-unsaturated/α-hetero) is 2. The zero-order valence-corrected chi connectivity index (χ0v) is 20.5. The van der Waals surface area contributed by atoms with E-state index in [0.717, 1.165) is 13.0 Å². The Bertz CT molecular complexity index is 1310. The van der Waals surface area contributed by atoms with Crippen molar-refractivity contribution in [3.8, 4) is 5.75 Å². The van der Waals surface area contributed by atoms with Crippen LogP contribution < -0.4 is 11.1 Å². The average Bonchev–Trinajstić information content (AvgIpc) is 3.26. The highest BCUT2D eigenvalue weighted by Gasteiger charge is 2.63. The number of phenolic OH excluding ortho intramolecular Hbond substituents is 1. The number of likely N-dealkylation sites (N-methyl/N-ethyl adjacent to an activating group) is 1. The molecule has 0 radical (unpaired) electrons. The summed E-state index contributed by atoms with van der Waals surface area (Å²) in [6.45, 7) is 2.71. The summed E-state index contributed by atoms with van der Waals surface area (Å²) in [4.78, 5) is 40.8. The topological polar surface area (TPSA) is 173 Å². The van der Waals surface area contributed by atoms with Crippen molar-refractivity contribution in [1.29, 1.82) is 0 Å². The summed E-state index contributed by atoms with van der Waals surface area (Å²) in [6.07, 6.45) is 1.41. The molecule has 1 aromatic carbocycles. The number of carbonyl (C=O) groups is 3. The molecule has 0 aromatic heterocycles. The van der Waals surface area contributed by atoms with Crippen LogP contribution in [0.2, 0.25) is 0 Å². The molecule has 1 amide bonds. The number of benzene rings is 1. The van der Waals surface area contributed by atoms with Crippen molar-refractivity contribution < 1.29 is 39.2 Å². The fraction of sp³-hybridized carbons (Fsp3) is 0.500. The Morgan fingerprint density at radius 2 is 2.00 bits per heavy atom. The van der Waals surface area contributed by atoms with E-state index < -0.39 is 69.6 Å². The molecule has 1 aliphatic heterocycles. The lowest BCUT2D eigenvalue weighted by Crippen LogP contribution is -2.66. The van der Waals surface area contributed by atoms with Gasteiger partial charge in [-0.05, 0) is 57.8 Å². The number of nitrogens with zero attached hydrogens (tertiary/aromatic N) is 1. The molecule has 10 nitrogen and oxygen atoms in total. The largest absolute Gasteiger partial charge is 0.508 e. The molecule has 1 aromatic rings. The van der Waals surface area contributed by atoms with Crippen molar-refractivity contribution in [1.82, 2.24) is 10.2 Å². The molecule has 0 bridgehead atoms. The molecule has 7 N–H and O–H groups in total. The van der Waals surface area contributed by atoms with Gasteiger partial charge in [0.05, 0.1) is 11.6 Å². The van der Waals surface area contributed by atoms with E-state index in [1.165, 1.54) is 6.07 Å². The predicted molar refractivity (Wildman–Crippen MR) is 129 cm³/mol. The first-order chi connectivity index (χ1) is 17.4. The van der Waals surface area contributed by atoms with E-state index >= 15 is 4.39 Å². The number of aliphatic hydroxyl groups is 3. The van der Waals surface area contributed by atoms with E-state index in [0.29, 0.717) is 12.0 Å². The van der Waals surface area contributed by atoms with Gasteiger partial charge in [0.15, 0.2) is 11.4 Å². The Labute approximate surface area is 212 Å². The van der Waals surface area contributed by atoms with Crippen LogP contribution in [-0.4, -0.2) is 74.6 Å². The van der Waals surface area contributed by atoms with Gasteiger partial charge in [0, 0.05) is 28.7 Å². The molecule has 1 heterocycles. The molecule has 5 rings (SSSR count). The summed E-state index contributed by atoms with van der Waals surface area (Å²) in [5, 5.41) is 47.3. The molecular weight excluding hydrogens is 485 g/mol. The molecule has 11 heteroatoms. The van der Waals surface area contributed by atoms with E-state index in [4.69, 9.17) is 5.73 Å². The normalized spacial score (nSPS) is 31.9. The van der Waals surface area contributed by atoms with Gasteiger partial charge in [-0.15, -0.1) is 0 Å². The van der Waals surface area contributed by atoms with Crippen molar-refractivity contribution in [3.05, 3.63) is 45.5 Å². The summed E-state index contributed by atoms with van der Waals surface area (Å²) >= 11 is 0. The van der Waals surface area contributed by atoms with Crippen LogP contribution in [0.4, 0.5) is 4.39 Å². The number of carbonyl (C=O) groups excluding carboxylic acids is 3. The maximum absolute atomic E-state index is 15.9.